The van der Waals surface area contributed by atoms with Gasteiger partial charge < -0.3 is 9.88 Å². The summed E-state index contributed by atoms with van der Waals surface area (Å²) in [4.78, 5) is 17.2. The number of nitrogens with zero attached hydrogens (tertiary/aromatic N) is 2. The third-order valence-corrected chi connectivity index (χ3v) is 5.88. The van der Waals surface area contributed by atoms with E-state index in [1.54, 1.807) is 0 Å². The molecule has 0 radical (unpaired) electrons. The van der Waals surface area contributed by atoms with Crippen molar-refractivity contribution in [1.29, 1.82) is 0 Å². The summed E-state index contributed by atoms with van der Waals surface area (Å²) in [7, 11) is 0. The van der Waals surface area contributed by atoms with E-state index < -0.39 is 0 Å². The minimum atomic E-state index is 0.0841. The minimum absolute atomic E-state index is 0.0841. The summed E-state index contributed by atoms with van der Waals surface area (Å²) >= 11 is 0. The van der Waals surface area contributed by atoms with E-state index in [2.05, 4.69) is 78.3 Å². The molecule has 0 bridgehead atoms. The highest BCUT2D eigenvalue weighted by Gasteiger charge is 2.12. The van der Waals surface area contributed by atoms with Crippen LogP contribution in [-0.2, 0) is 24.2 Å². The second-order valence-electron chi connectivity index (χ2n) is 8.58. The lowest BCUT2D eigenvalue weighted by molar-refractivity contribution is -0.121. The van der Waals surface area contributed by atoms with Gasteiger partial charge in [0.1, 0.15) is 5.82 Å². The Kier molecular flexibility index (Phi) is 7.00. The monoisotopic (exact) mass is 425 g/mol. The van der Waals surface area contributed by atoms with Crippen LogP contribution < -0.4 is 5.32 Å². The molecule has 3 aromatic carbocycles. The molecule has 0 fully saturated rings. The average Bonchev–Trinajstić information content (AvgIpc) is 3.16. The van der Waals surface area contributed by atoms with E-state index in [4.69, 9.17) is 4.98 Å². The fraction of sp³-hybridized carbons (Fsp3) is 0.286. The molecule has 0 aliphatic carbocycles. The molecule has 0 spiro atoms. The number of fused-ring (bicyclic) bond motifs is 1. The highest BCUT2D eigenvalue weighted by Crippen LogP contribution is 2.20. The number of aryl methyl sites for hydroxylation is 1. The zero-order chi connectivity index (χ0) is 22.3. The lowest BCUT2D eigenvalue weighted by Crippen LogP contribution is -2.26. The first-order chi connectivity index (χ1) is 15.6. The van der Waals surface area contributed by atoms with Crippen LogP contribution >= 0.6 is 0 Å². The minimum Gasteiger partial charge on any atom is -0.356 e. The Bertz CT molecular complexity index is 1160. The van der Waals surface area contributed by atoms with Crippen LogP contribution in [0.3, 0.4) is 0 Å². The molecule has 4 heteroatoms. The number of hydrogen-bond acceptors (Lipinski definition) is 2. The number of para-hydroxylation sites is 2. The summed E-state index contributed by atoms with van der Waals surface area (Å²) < 4.78 is 2.27. The zero-order valence-electron chi connectivity index (χ0n) is 18.9. The van der Waals surface area contributed by atoms with Crippen molar-refractivity contribution in [2.75, 3.05) is 6.54 Å². The molecule has 32 heavy (non-hydrogen) atoms. The van der Waals surface area contributed by atoms with E-state index in [1.807, 2.05) is 24.3 Å². The van der Waals surface area contributed by atoms with Crippen molar-refractivity contribution in [2.45, 2.75) is 45.6 Å². The number of nitrogens with one attached hydrogen (secondary N) is 1. The Balaban J connectivity index is 1.41. The molecule has 1 N–H and O–H groups in total. The molecule has 0 saturated heterocycles. The SMILES string of the molecule is CC(C)c1ccc(Cn2c(CCNC(=O)CCc3ccccc3)nc3ccccc32)cc1. The van der Waals surface area contributed by atoms with Gasteiger partial charge in [0.05, 0.1) is 11.0 Å². The maximum Gasteiger partial charge on any atom is 0.220 e. The van der Waals surface area contributed by atoms with Crippen LogP contribution in [0.15, 0.2) is 78.9 Å². The number of amides is 1. The van der Waals surface area contributed by atoms with Gasteiger partial charge in [0.15, 0.2) is 0 Å². The standard InChI is InChI=1S/C28H31N3O/c1-21(2)24-15-12-23(13-16-24)20-31-26-11-7-6-10-25(26)30-27(31)18-19-29-28(32)17-14-22-8-4-3-5-9-22/h3-13,15-16,21H,14,17-20H2,1-2H3,(H,29,32). The Morgan fingerprint density at radius 2 is 1.59 bits per heavy atom. The molecule has 0 saturated carbocycles. The second-order valence-corrected chi connectivity index (χ2v) is 8.58. The van der Waals surface area contributed by atoms with Crippen molar-refractivity contribution in [3.05, 3.63) is 101 Å². The van der Waals surface area contributed by atoms with Crippen molar-refractivity contribution in [3.8, 4) is 0 Å². The van der Waals surface area contributed by atoms with E-state index in [9.17, 15) is 4.79 Å². The molecule has 4 rings (SSSR count). The molecule has 1 heterocycles. The Labute approximate surface area is 190 Å². The van der Waals surface area contributed by atoms with Crippen LogP contribution in [0.5, 0.6) is 0 Å². The quantitative estimate of drug-likeness (QED) is 0.385. The second kappa shape index (κ2) is 10.3. The van der Waals surface area contributed by atoms with Gasteiger partial charge in [-0.2, -0.15) is 0 Å². The highest BCUT2D eigenvalue weighted by molar-refractivity contribution is 5.77. The number of benzene rings is 3. The first-order valence-corrected chi connectivity index (χ1v) is 11.4. The summed E-state index contributed by atoms with van der Waals surface area (Å²) in [5, 5.41) is 3.06. The van der Waals surface area contributed by atoms with E-state index in [1.165, 1.54) is 16.7 Å². The number of carbonyl (C=O) groups excluding carboxylic acids is 1. The third kappa shape index (κ3) is 5.44. The molecule has 1 amide bonds. The lowest BCUT2D eigenvalue weighted by Gasteiger charge is -2.12. The molecule has 0 unspecified atom stereocenters. The van der Waals surface area contributed by atoms with Crippen LogP contribution in [-0.4, -0.2) is 22.0 Å². The molecule has 0 aliphatic rings. The number of hydrogen-bond donors (Lipinski definition) is 1. The molecule has 1 aromatic heterocycles. The van der Waals surface area contributed by atoms with Crippen LogP contribution in [0.1, 0.15) is 48.7 Å². The van der Waals surface area contributed by atoms with Crippen molar-refractivity contribution in [3.63, 3.8) is 0 Å². The number of carbonyl (C=O) groups is 1. The molecule has 0 aliphatic heterocycles. The van der Waals surface area contributed by atoms with E-state index in [-0.39, 0.29) is 5.91 Å². The highest BCUT2D eigenvalue weighted by atomic mass is 16.1. The van der Waals surface area contributed by atoms with E-state index >= 15 is 0 Å². The normalized spacial score (nSPS) is 11.2. The van der Waals surface area contributed by atoms with Gasteiger partial charge in [0, 0.05) is 25.9 Å². The summed E-state index contributed by atoms with van der Waals surface area (Å²) in [5.74, 6) is 1.61. The van der Waals surface area contributed by atoms with Gasteiger partial charge in [-0.25, -0.2) is 4.98 Å². The van der Waals surface area contributed by atoms with Crippen LogP contribution in [0.2, 0.25) is 0 Å². The van der Waals surface area contributed by atoms with Crippen LogP contribution in [0.4, 0.5) is 0 Å². The van der Waals surface area contributed by atoms with Crippen LogP contribution in [0.25, 0.3) is 11.0 Å². The number of imidazole rings is 1. The van der Waals surface area contributed by atoms with E-state index in [0.29, 0.717) is 25.3 Å². The largest absolute Gasteiger partial charge is 0.356 e. The van der Waals surface area contributed by atoms with Gasteiger partial charge >= 0.3 is 0 Å². The van der Waals surface area contributed by atoms with Crippen molar-refractivity contribution in [1.82, 2.24) is 14.9 Å². The van der Waals surface area contributed by atoms with Crippen molar-refractivity contribution >= 4 is 16.9 Å². The van der Waals surface area contributed by atoms with Gasteiger partial charge in [0.2, 0.25) is 5.91 Å². The molecule has 4 nitrogen and oxygen atoms in total. The topological polar surface area (TPSA) is 46.9 Å². The lowest BCUT2D eigenvalue weighted by atomic mass is 10.0. The number of rotatable bonds is 9. The van der Waals surface area contributed by atoms with Gasteiger partial charge in [-0.1, -0.05) is 80.6 Å². The van der Waals surface area contributed by atoms with Crippen molar-refractivity contribution in [2.24, 2.45) is 0 Å². The summed E-state index contributed by atoms with van der Waals surface area (Å²) in [5.41, 5.74) is 5.92. The smallest absolute Gasteiger partial charge is 0.220 e. The summed E-state index contributed by atoms with van der Waals surface area (Å²) in [6, 6.07) is 27.2. The Hall–Kier alpha value is -3.40. The van der Waals surface area contributed by atoms with Gasteiger partial charge in [-0.05, 0) is 41.2 Å². The first-order valence-electron chi connectivity index (χ1n) is 11.4. The predicted octanol–water partition coefficient (Wildman–Crippen LogP) is 5.50. The van der Waals surface area contributed by atoms with E-state index in [0.717, 1.165) is 29.8 Å². The zero-order valence-corrected chi connectivity index (χ0v) is 18.9. The number of aromatic nitrogens is 2. The Morgan fingerprint density at radius 3 is 2.34 bits per heavy atom. The summed E-state index contributed by atoms with van der Waals surface area (Å²) in [6.45, 7) is 5.79. The maximum absolute atomic E-state index is 12.3. The Morgan fingerprint density at radius 1 is 0.875 bits per heavy atom. The molecule has 164 valence electrons. The molecular formula is C28H31N3O. The molecule has 0 atom stereocenters. The first kappa shape index (κ1) is 21.8. The van der Waals surface area contributed by atoms with Crippen LogP contribution in [0, 0.1) is 0 Å². The molecule has 4 aromatic rings. The fourth-order valence-electron chi connectivity index (χ4n) is 3.99. The predicted molar refractivity (Wildman–Crippen MR) is 131 cm³/mol. The third-order valence-electron chi connectivity index (χ3n) is 5.88. The van der Waals surface area contributed by atoms with Gasteiger partial charge in [0.25, 0.3) is 0 Å². The van der Waals surface area contributed by atoms with Crippen molar-refractivity contribution < 1.29 is 4.79 Å². The fourth-order valence-corrected chi connectivity index (χ4v) is 3.99. The maximum atomic E-state index is 12.3. The average molecular weight is 426 g/mol. The van der Waals surface area contributed by atoms with Gasteiger partial charge in [-0.3, -0.25) is 4.79 Å². The summed E-state index contributed by atoms with van der Waals surface area (Å²) in [6.07, 6.45) is 1.97. The molecular weight excluding hydrogens is 394 g/mol. The van der Waals surface area contributed by atoms with Gasteiger partial charge in [-0.15, -0.1) is 0 Å².